The van der Waals surface area contributed by atoms with Gasteiger partial charge in [0.25, 0.3) is 0 Å². The first-order valence-corrected chi connectivity index (χ1v) is 7.91. The summed E-state index contributed by atoms with van der Waals surface area (Å²) in [5.41, 5.74) is 10.6. The molecule has 3 rings (SSSR count). The molecule has 25 heavy (non-hydrogen) atoms. The molecule has 0 amide bonds. The fraction of sp³-hybridized carbons (Fsp3) is 0.0952. The van der Waals surface area contributed by atoms with Crippen molar-refractivity contribution in [2.75, 3.05) is 0 Å². The number of hydrogen-bond donors (Lipinski definition) is 1. The van der Waals surface area contributed by atoms with E-state index in [0.717, 1.165) is 16.7 Å². The third-order valence-corrected chi connectivity index (χ3v) is 4.03. The second-order valence-electron chi connectivity index (χ2n) is 5.85. The van der Waals surface area contributed by atoms with Crippen LogP contribution in [0.2, 0.25) is 0 Å². The topological polar surface area (TPSA) is 38.9 Å². The van der Waals surface area contributed by atoms with Crippen LogP contribution in [0.1, 0.15) is 22.4 Å². The van der Waals surface area contributed by atoms with E-state index < -0.39 is 6.67 Å². The molecule has 4 heteroatoms. The Morgan fingerprint density at radius 1 is 1.00 bits per heavy atom. The van der Waals surface area contributed by atoms with E-state index >= 15 is 0 Å². The number of benzene rings is 2. The van der Waals surface area contributed by atoms with Gasteiger partial charge in [-0.05, 0) is 53.4 Å². The first-order valence-electron chi connectivity index (χ1n) is 7.91. The highest BCUT2D eigenvalue weighted by molar-refractivity contribution is 5.65. The third-order valence-electron chi connectivity index (χ3n) is 4.03. The van der Waals surface area contributed by atoms with Crippen molar-refractivity contribution in [3.05, 3.63) is 95.4 Å². The van der Waals surface area contributed by atoms with Crippen molar-refractivity contribution in [3.63, 3.8) is 0 Å². The monoisotopic (exact) mass is 336 g/mol. The van der Waals surface area contributed by atoms with Gasteiger partial charge >= 0.3 is 0 Å². The molecular formula is C21H18F2N2. The molecule has 1 aromatic heterocycles. The van der Waals surface area contributed by atoms with Crippen LogP contribution in [0.15, 0.2) is 67.2 Å². The lowest BCUT2D eigenvalue weighted by molar-refractivity contribution is 0.483. The van der Waals surface area contributed by atoms with Crippen LogP contribution in [0, 0.1) is 5.82 Å². The molecule has 126 valence electrons. The van der Waals surface area contributed by atoms with Gasteiger partial charge in [0.1, 0.15) is 12.5 Å². The predicted molar refractivity (Wildman–Crippen MR) is 96.9 cm³/mol. The smallest absolute Gasteiger partial charge is 0.123 e. The van der Waals surface area contributed by atoms with Gasteiger partial charge in [-0.2, -0.15) is 0 Å². The number of nitrogens with two attached hydrogens (primary N) is 1. The standard InChI is InChI=1S/C21H18F2N2/c1-14(24)20-3-2-4-21(25-20)17-8-7-16(18(12-17)13-22)11-15-5-9-19(23)10-6-15/h2-10,12H,1,11,13,24H2. The lowest BCUT2D eigenvalue weighted by atomic mass is 9.97. The van der Waals surface area contributed by atoms with Crippen LogP contribution >= 0.6 is 0 Å². The highest BCUT2D eigenvalue weighted by atomic mass is 19.1. The predicted octanol–water partition coefficient (Wildman–Crippen LogP) is 4.88. The molecule has 0 unspecified atom stereocenters. The number of pyridine rings is 1. The molecule has 3 aromatic rings. The molecule has 0 fully saturated rings. The number of hydrogen-bond acceptors (Lipinski definition) is 2. The van der Waals surface area contributed by atoms with Crippen LogP contribution in [-0.2, 0) is 13.1 Å². The summed E-state index contributed by atoms with van der Waals surface area (Å²) >= 11 is 0. The van der Waals surface area contributed by atoms with E-state index in [1.165, 1.54) is 12.1 Å². The molecule has 0 bridgehead atoms. The minimum absolute atomic E-state index is 0.280. The lowest BCUT2D eigenvalue weighted by Crippen LogP contribution is -1.99. The SMILES string of the molecule is C=C(N)c1cccc(-c2ccc(Cc3ccc(F)cc3)c(CF)c2)n1. The summed E-state index contributed by atoms with van der Waals surface area (Å²) in [6, 6.07) is 17.3. The van der Waals surface area contributed by atoms with Gasteiger partial charge < -0.3 is 5.73 Å². The molecular weight excluding hydrogens is 318 g/mol. The quantitative estimate of drug-likeness (QED) is 0.721. The summed E-state index contributed by atoms with van der Waals surface area (Å²) < 4.78 is 26.6. The van der Waals surface area contributed by atoms with Gasteiger partial charge in [-0.25, -0.2) is 13.8 Å². The molecule has 0 spiro atoms. The zero-order valence-corrected chi connectivity index (χ0v) is 13.7. The molecule has 0 radical (unpaired) electrons. The summed E-state index contributed by atoms with van der Waals surface area (Å²) in [5.74, 6) is -0.280. The van der Waals surface area contributed by atoms with Gasteiger partial charge in [-0.3, -0.25) is 0 Å². The van der Waals surface area contributed by atoms with Gasteiger partial charge in [0.2, 0.25) is 0 Å². The maximum absolute atomic E-state index is 13.5. The summed E-state index contributed by atoms with van der Waals surface area (Å²) in [4.78, 5) is 4.45. The average Bonchev–Trinajstić information content (AvgIpc) is 2.64. The van der Waals surface area contributed by atoms with Crippen LogP contribution in [0.25, 0.3) is 17.0 Å². The van der Waals surface area contributed by atoms with Crippen molar-refractivity contribution < 1.29 is 8.78 Å². The van der Waals surface area contributed by atoms with Crippen LogP contribution in [0.4, 0.5) is 8.78 Å². The van der Waals surface area contributed by atoms with E-state index in [0.29, 0.717) is 29.1 Å². The molecule has 2 N–H and O–H groups in total. The van der Waals surface area contributed by atoms with Gasteiger partial charge in [0.05, 0.1) is 17.1 Å². The van der Waals surface area contributed by atoms with Crippen LogP contribution in [-0.4, -0.2) is 4.98 Å². The van der Waals surface area contributed by atoms with Crippen molar-refractivity contribution in [3.8, 4) is 11.3 Å². The maximum atomic E-state index is 13.5. The highest BCUT2D eigenvalue weighted by Crippen LogP contribution is 2.24. The Kier molecular flexibility index (Phi) is 4.89. The fourth-order valence-electron chi connectivity index (χ4n) is 2.68. The van der Waals surface area contributed by atoms with Gasteiger partial charge in [-0.1, -0.05) is 36.9 Å². The molecule has 2 aromatic carbocycles. The zero-order chi connectivity index (χ0) is 17.8. The summed E-state index contributed by atoms with van der Waals surface area (Å²) in [6.07, 6.45) is 0.548. The van der Waals surface area contributed by atoms with Crippen LogP contribution in [0.5, 0.6) is 0 Å². The zero-order valence-electron chi connectivity index (χ0n) is 13.7. The molecule has 0 aliphatic heterocycles. The second-order valence-corrected chi connectivity index (χ2v) is 5.85. The Balaban J connectivity index is 1.92. The minimum atomic E-state index is -0.576. The molecule has 0 aliphatic carbocycles. The number of nitrogens with zero attached hydrogens (tertiary/aromatic N) is 1. The molecule has 0 atom stereocenters. The Labute approximate surface area is 145 Å². The number of halogens is 2. The van der Waals surface area contributed by atoms with Crippen molar-refractivity contribution in [1.82, 2.24) is 4.98 Å². The Morgan fingerprint density at radius 3 is 2.44 bits per heavy atom. The van der Waals surface area contributed by atoms with Gasteiger partial charge in [0, 0.05) is 5.56 Å². The summed E-state index contributed by atoms with van der Waals surface area (Å²) in [5, 5.41) is 0. The maximum Gasteiger partial charge on any atom is 0.123 e. The van der Waals surface area contributed by atoms with Crippen LogP contribution in [0.3, 0.4) is 0 Å². The molecule has 0 saturated heterocycles. The highest BCUT2D eigenvalue weighted by Gasteiger charge is 2.08. The van der Waals surface area contributed by atoms with Crippen LogP contribution < -0.4 is 5.73 Å². The summed E-state index contributed by atoms with van der Waals surface area (Å²) in [7, 11) is 0. The van der Waals surface area contributed by atoms with Gasteiger partial charge in [-0.15, -0.1) is 0 Å². The van der Waals surface area contributed by atoms with Crippen molar-refractivity contribution in [1.29, 1.82) is 0 Å². The third kappa shape index (κ3) is 3.91. The number of aromatic nitrogens is 1. The Bertz CT molecular complexity index is 902. The van der Waals surface area contributed by atoms with Gasteiger partial charge in [0.15, 0.2) is 0 Å². The van der Waals surface area contributed by atoms with E-state index in [1.54, 1.807) is 24.3 Å². The van der Waals surface area contributed by atoms with Crippen molar-refractivity contribution in [2.24, 2.45) is 5.73 Å². The average molecular weight is 336 g/mol. The van der Waals surface area contributed by atoms with Crippen molar-refractivity contribution in [2.45, 2.75) is 13.1 Å². The van der Waals surface area contributed by atoms with E-state index in [4.69, 9.17) is 5.73 Å². The number of rotatable bonds is 5. The molecule has 2 nitrogen and oxygen atoms in total. The van der Waals surface area contributed by atoms with E-state index in [9.17, 15) is 8.78 Å². The van der Waals surface area contributed by atoms with Crippen molar-refractivity contribution >= 4 is 5.70 Å². The van der Waals surface area contributed by atoms with E-state index in [1.807, 2.05) is 24.3 Å². The first kappa shape index (κ1) is 16.8. The molecule has 0 saturated carbocycles. The largest absolute Gasteiger partial charge is 0.397 e. The minimum Gasteiger partial charge on any atom is -0.397 e. The second kappa shape index (κ2) is 7.26. The normalized spacial score (nSPS) is 10.6. The van der Waals surface area contributed by atoms with E-state index in [-0.39, 0.29) is 5.82 Å². The lowest BCUT2D eigenvalue weighted by Gasteiger charge is -2.11. The first-order chi connectivity index (χ1) is 12.1. The van der Waals surface area contributed by atoms with E-state index in [2.05, 4.69) is 11.6 Å². The Morgan fingerprint density at radius 2 is 1.76 bits per heavy atom. The number of alkyl halides is 1. The Hall–Kier alpha value is -3.01. The molecule has 0 aliphatic rings. The summed E-state index contributed by atoms with van der Waals surface area (Å²) in [6.45, 7) is 3.11. The fourth-order valence-corrected chi connectivity index (χ4v) is 2.68. The molecule has 1 heterocycles.